The number of carboxylic acid groups (broad SMARTS) is 1. The predicted octanol–water partition coefficient (Wildman–Crippen LogP) is 1.79. The number of carbonyl (C=O) groups is 1. The molecule has 1 aromatic carbocycles. The Hall–Kier alpha value is -1.82. The van der Waals surface area contributed by atoms with Crippen LogP contribution in [0.15, 0.2) is 18.2 Å². The summed E-state index contributed by atoms with van der Waals surface area (Å²) in [7, 11) is -3.23. The van der Waals surface area contributed by atoms with E-state index < -0.39 is 39.9 Å². The highest BCUT2D eigenvalue weighted by Crippen LogP contribution is 2.42. The minimum atomic E-state index is -3.23. The van der Waals surface area contributed by atoms with Gasteiger partial charge < -0.3 is 15.2 Å². The van der Waals surface area contributed by atoms with E-state index in [1.54, 1.807) is 0 Å². The largest absolute Gasteiger partial charge is 0.465 e. The number of nitrogens with one attached hydrogen (secondary N) is 1. The molecule has 1 aromatic rings. The van der Waals surface area contributed by atoms with Crippen molar-refractivity contribution in [2.75, 3.05) is 39.0 Å². The van der Waals surface area contributed by atoms with Gasteiger partial charge in [-0.15, -0.1) is 0 Å². The third-order valence-corrected chi connectivity index (χ3v) is 8.04. The molecule has 3 saturated heterocycles. The van der Waals surface area contributed by atoms with Crippen LogP contribution >= 0.6 is 0 Å². The molecular formula is C20H27F2N3O5S. The van der Waals surface area contributed by atoms with Crippen LogP contribution < -0.4 is 5.32 Å². The van der Waals surface area contributed by atoms with Gasteiger partial charge in [-0.25, -0.2) is 26.3 Å². The number of sulfonamides is 1. The molecule has 1 spiro atoms. The monoisotopic (exact) mass is 459 g/mol. The van der Waals surface area contributed by atoms with E-state index in [-0.39, 0.29) is 23.6 Å². The van der Waals surface area contributed by atoms with Crippen molar-refractivity contribution in [3.05, 3.63) is 35.4 Å². The number of nitrogens with zero attached hydrogens (tertiary/aromatic N) is 2. The van der Waals surface area contributed by atoms with Crippen LogP contribution in [-0.2, 0) is 14.8 Å². The van der Waals surface area contributed by atoms with Gasteiger partial charge in [0, 0.05) is 31.2 Å². The number of amides is 1. The first kappa shape index (κ1) is 22.4. The number of ether oxygens (including phenoxy) is 1. The fourth-order valence-electron chi connectivity index (χ4n) is 5.19. The molecule has 4 atom stereocenters. The Morgan fingerprint density at radius 3 is 2.68 bits per heavy atom. The maximum Gasteiger partial charge on any atom is 0.404 e. The minimum absolute atomic E-state index is 0.00493. The third-order valence-electron chi connectivity index (χ3n) is 6.79. The Balaban J connectivity index is 1.47. The van der Waals surface area contributed by atoms with Crippen LogP contribution in [0.1, 0.15) is 30.9 Å². The van der Waals surface area contributed by atoms with Gasteiger partial charge in [-0.05, 0) is 49.4 Å². The molecular weight excluding hydrogens is 432 g/mol. The second kappa shape index (κ2) is 8.27. The number of benzene rings is 1. The first-order chi connectivity index (χ1) is 14.6. The molecule has 0 aliphatic carbocycles. The molecule has 1 amide bonds. The molecule has 8 nitrogen and oxygen atoms in total. The van der Waals surface area contributed by atoms with E-state index in [0.29, 0.717) is 26.1 Å². The summed E-state index contributed by atoms with van der Waals surface area (Å²) in [5.41, 5.74) is -0.112. The highest BCUT2D eigenvalue weighted by molar-refractivity contribution is 7.88. The van der Waals surface area contributed by atoms with Crippen molar-refractivity contribution < 1.29 is 31.8 Å². The Kier molecular flexibility index (Phi) is 5.97. The van der Waals surface area contributed by atoms with Crippen molar-refractivity contribution in [3.8, 4) is 0 Å². The average Bonchev–Trinajstić information content (AvgIpc) is 3.31. The third kappa shape index (κ3) is 4.69. The van der Waals surface area contributed by atoms with Gasteiger partial charge in [0.15, 0.2) is 0 Å². The second-order valence-electron chi connectivity index (χ2n) is 8.93. The van der Waals surface area contributed by atoms with Crippen LogP contribution in [0.3, 0.4) is 0 Å². The summed E-state index contributed by atoms with van der Waals surface area (Å²) in [6.07, 6.45) is 1.08. The summed E-state index contributed by atoms with van der Waals surface area (Å²) in [5.74, 6) is -1.26. The Bertz CT molecular complexity index is 962. The zero-order valence-electron chi connectivity index (χ0n) is 17.3. The number of likely N-dealkylation sites (tertiary alicyclic amines) is 1. The molecule has 1 unspecified atom stereocenters. The van der Waals surface area contributed by atoms with E-state index in [2.05, 4.69) is 10.2 Å². The zero-order chi connectivity index (χ0) is 22.4. The minimum Gasteiger partial charge on any atom is -0.465 e. The molecule has 31 heavy (non-hydrogen) atoms. The van der Waals surface area contributed by atoms with Crippen LogP contribution in [0.2, 0.25) is 0 Å². The lowest BCUT2D eigenvalue weighted by atomic mass is 9.86. The van der Waals surface area contributed by atoms with Gasteiger partial charge in [-0.2, -0.15) is 0 Å². The molecule has 3 aliphatic heterocycles. The molecule has 4 rings (SSSR count). The smallest absolute Gasteiger partial charge is 0.404 e. The van der Waals surface area contributed by atoms with Crippen molar-refractivity contribution in [1.29, 1.82) is 0 Å². The van der Waals surface area contributed by atoms with E-state index in [1.165, 1.54) is 10.6 Å². The molecule has 3 heterocycles. The van der Waals surface area contributed by atoms with Crippen molar-refractivity contribution in [1.82, 2.24) is 14.5 Å². The van der Waals surface area contributed by atoms with Gasteiger partial charge in [0.1, 0.15) is 17.7 Å². The highest BCUT2D eigenvalue weighted by Gasteiger charge is 2.48. The van der Waals surface area contributed by atoms with Gasteiger partial charge >= 0.3 is 6.09 Å². The summed E-state index contributed by atoms with van der Waals surface area (Å²) in [6, 6.07) is 2.22. The number of hydrogen-bond acceptors (Lipinski definition) is 5. The highest BCUT2D eigenvalue weighted by atomic mass is 32.2. The van der Waals surface area contributed by atoms with E-state index in [1.807, 2.05) is 0 Å². The molecule has 0 saturated carbocycles. The van der Waals surface area contributed by atoms with Crippen molar-refractivity contribution in [2.24, 2.45) is 5.41 Å². The predicted molar refractivity (Wildman–Crippen MR) is 108 cm³/mol. The van der Waals surface area contributed by atoms with Crippen LogP contribution in [0, 0.1) is 17.0 Å². The van der Waals surface area contributed by atoms with Gasteiger partial charge in [-0.3, -0.25) is 4.90 Å². The van der Waals surface area contributed by atoms with Crippen molar-refractivity contribution in [3.63, 3.8) is 0 Å². The molecule has 172 valence electrons. The molecule has 3 fully saturated rings. The fraction of sp³-hybridized carbons (Fsp3) is 0.650. The number of halogens is 2. The molecule has 0 aromatic heterocycles. The maximum atomic E-state index is 14.3. The van der Waals surface area contributed by atoms with Gasteiger partial charge in [0.2, 0.25) is 10.0 Å². The topological polar surface area (TPSA) is 99.2 Å². The SMILES string of the molecule is CS(=O)(=O)N1CCC2(CCN([C@H]3CO[C@H](c4cc(F)ccc4F)[C@@H](NC(=O)O)C3)C2)C1. The average molecular weight is 460 g/mol. The maximum absolute atomic E-state index is 14.3. The fourth-order valence-corrected chi connectivity index (χ4v) is 6.13. The lowest BCUT2D eigenvalue weighted by molar-refractivity contribution is -0.0559. The lowest BCUT2D eigenvalue weighted by Crippen LogP contribution is -2.52. The Labute approximate surface area is 180 Å². The standard InChI is InChI=1S/C20H27F2N3O5S/c1-31(28,29)25-7-5-20(12-25)4-6-24(11-20)14-9-17(23-19(26)27)18(30-10-14)15-8-13(21)2-3-16(15)22/h2-3,8,14,17-18,23H,4-7,9-12H2,1H3,(H,26,27)/t14-,17+,18-,20?/m1/s1. The summed E-state index contributed by atoms with van der Waals surface area (Å²) >= 11 is 0. The molecule has 3 aliphatic rings. The van der Waals surface area contributed by atoms with E-state index in [4.69, 9.17) is 4.74 Å². The second-order valence-corrected chi connectivity index (χ2v) is 10.9. The Morgan fingerprint density at radius 2 is 2.00 bits per heavy atom. The normalized spacial score (nSPS) is 32.5. The number of rotatable bonds is 4. The van der Waals surface area contributed by atoms with Gasteiger partial charge in [0.05, 0.1) is 18.9 Å². The first-order valence-electron chi connectivity index (χ1n) is 10.3. The molecule has 0 radical (unpaired) electrons. The van der Waals surface area contributed by atoms with Crippen molar-refractivity contribution >= 4 is 16.1 Å². The Morgan fingerprint density at radius 1 is 1.26 bits per heavy atom. The van der Waals surface area contributed by atoms with Crippen LogP contribution in [0.5, 0.6) is 0 Å². The van der Waals surface area contributed by atoms with Crippen LogP contribution in [0.4, 0.5) is 13.6 Å². The molecule has 0 bridgehead atoms. The summed E-state index contributed by atoms with van der Waals surface area (Å²) in [4.78, 5) is 13.6. The van der Waals surface area contributed by atoms with Crippen LogP contribution in [0.25, 0.3) is 0 Å². The summed E-state index contributed by atoms with van der Waals surface area (Å²) < 4.78 is 59.2. The molecule has 2 N–H and O–H groups in total. The van der Waals surface area contributed by atoms with Crippen LogP contribution in [-0.4, -0.2) is 79.9 Å². The first-order valence-corrected chi connectivity index (χ1v) is 12.2. The van der Waals surface area contributed by atoms with Gasteiger partial charge in [-0.1, -0.05) is 0 Å². The lowest BCUT2D eigenvalue weighted by Gasteiger charge is -2.40. The zero-order valence-corrected chi connectivity index (χ0v) is 18.1. The summed E-state index contributed by atoms with van der Waals surface area (Å²) in [6.45, 7) is 2.71. The van der Waals surface area contributed by atoms with E-state index in [9.17, 15) is 27.1 Å². The van der Waals surface area contributed by atoms with Crippen molar-refractivity contribution in [2.45, 2.75) is 37.5 Å². The summed E-state index contributed by atoms with van der Waals surface area (Å²) in [5, 5.41) is 11.7. The van der Waals surface area contributed by atoms with Gasteiger partial charge in [0.25, 0.3) is 0 Å². The van der Waals surface area contributed by atoms with E-state index >= 15 is 0 Å². The van der Waals surface area contributed by atoms with E-state index in [0.717, 1.165) is 37.6 Å². The quantitative estimate of drug-likeness (QED) is 0.712. The molecule has 11 heteroatoms. The number of hydrogen-bond donors (Lipinski definition) is 2.